The summed E-state index contributed by atoms with van der Waals surface area (Å²) in [4.78, 5) is 15.3. The van der Waals surface area contributed by atoms with E-state index < -0.39 is 23.4 Å². The lowest BCUT2D eigenvalue weighted by Gasteiger charge is -2.45. The minimum atomic E-state index is -4.02. The highest BCUT2D eigenvalue weighted by Crippen LogP contribution is 2.37. The maximum absolute atomic E-state index is 14.6. The second-order valence-electron chi connectivity index (χ2n) is 7.83. The molecule has 0 bridgehead atoms. The molecule has 3 heterocycles. The van der Waals surface area contributed by atoms with Crippen molar-refractivity contribution in [3.8, 4) is 0 Å². The first-order valence-electron chi connectivity index (χ1n) is 9.62. The number of anilines is 1. The number of halogens is 3. The first-order chi connectivity index (χ1) is 14.2. The zero-order chi connectivity index (χ0) is 21.5. The van der Waals surface area contributed by atoms with Gasteiger partial charge in [0.25, 0.3) is 0 Å². The molecule has 2 aliphatic rings. The molecule has 1 amide bonds. The maximum Gasteiger partial charge on any atom is 0.437 e. The van der Waals surface area contributed by atoms with Gasteiger partial charge < -0.3 is 14.4 Å². The molecule has 0 aliphatic carbocycles. The monoisotopic (exact) mass is 424 g/mol. The van der Waals surface area contributed by atoms with Crippen LogP contribution in [0.15, 0.2) is 30.5 Å². The third-order valence-electron chi connectivity index (χ3n) is 5.50. The molecular weight excluding hydrogens is 401 g/mol. The number of nitrogens with zero attached hydrogens (tertiary/aromatic N) is 4. The fraction of sp³-hybridized carbons (Fsp3) is 0.500. The van der Waals surface area contributed by atoms with Crippen molar-refractivity contribution in [2.24, 2.45) is 7.05 Å². The number of carbonyl (C=O) groups excluding carboxylic acids is 1. The van der Waals surface area contributed by atoms with E-state index in [-0.39, 0.29) is 25.4 Å². The van der Waals surface area contributed by atoms with Crippen molar-refractivity contribution >= 4 is 11.6 Å². The van der Waals surface area contributed by atoms with E-state index in [0.717, 1.165) is 28.3 Å². The molecule has 4 rings (SSSR count). The molecule has 1 unspecified atom stereocenters. The number of aryl methyl sites for hydroxylation is 2. The normalized spacial score (nSPS) is 25.0. The van der Waals surface area contributed by atoms with E-state index in [4.69, 9.17) is 9.47 Å². The highest BCUT2D eigenvalue weighted by molar-refractivity contribution is 5.98. The molecule has 1 aromatic carbocycles. The SMILES string of the molecule is Cc1cnn(C)c1CN1CCOCC2(C1)CN(c1ccc(F)cc1)C(=O)C(F)(F)O2. The number of benzene rings is 1. The van der Waals surface area contributed by atoms with Crippen LogP contribution in [0.3, 0.4) is 0 Å². The second kappa shape index (κ2) is 7.68. The van der Waals surface area contributed by atoms with Crippen LogP contribution in [-0.4, -0.2) is 65.1 Å². The predicted molar refractivity (Wildman–Crippen MR) is 102 cm³/mol. The molecule has 1 aromatic heterocycles. The number of hydrogen-bond donors (Lipinski definition) is 0. The molecule has 2 aromatic rings. The van der Waals surface area contributed by atoms with Gasteiger partial charge in [-0.25, -0.2) is 4.39 Å². The molecule has 1 spiro atoms. The van der Waals surface area contributed by atoms with Crippen molar-refractivity contribution in [3.05, 3.63) is 47.5 Å². The topological polar surface area (TPSA) is 59.8 Å². The molecule has 2 aliphatic heterocycles. The van der Waals surface area contributed by atoms with Gasteiger partial charge in [0.05, 0.1) is 31.6 Å². The summed E-state index contributed by atoms with van der Waals surface area (Å²) < 4.78 is 55.0. The van der Waals surface area contributed by atoms with Crippen LogP contribution < -0.4 is 4.90 Å². The molecule has 10 heteroatoms. The van der Waals surface area contributed by atoms with Crippen molar-refractivity contribution in [1.29, 1.82) is 0 Å². The molecule has 2 saturated heterocycles. The highest BCUT2D eigenvalue weighted by Gasteiger charge is 2.58. The van der Waals surface area contributed by atoms with Crippen molar-refractivity contribution in [1.82, 2.24) is 14.7 Å². The summed E-state index contributed by atoms with van der Waals surface area (Å²) in [7, 11) is 1.83. The van der Waals surface area contributed by atoms with Crippen LogP contribution >= 0.6 is 0 Å². The fourth-order valence-electron chi connectivity index (χ4n) is 3.98. The number of ether oxygens (including phenoxy) is 2. The van der Waals surface area contributed by atoms with Gasteiger partial charge in [0.2, 0.25) is 0 Å². The molecule has 0 radical (unpaired) electrons. The Morgan fingerprint density at radius 2 is 1.93 bits per heavy atom. The Morgan fingerprint density at radius 1 is 1.20 bits per heavy atom. The van der Waals surface area contributed by atoms with E-state index in [2.05, 4.69) is 5.10 Å². The fourth-order valence-corrected chi connectivity index (χ4v) is 3.98. The van der Waals surface area contributed by atoms with Crippen LogP contribution in [0, 0.1) is 12.7 Å². The van der Waals surface area contributed by atoms with E-state index in [1.807, 2.05) is 18.9 Å². The summed E-state index contributed by atoms with van der Waals surface area (Å²) >= 11 is 0. The lowest BCUT2D eigenvalue weighted by atomic mass is 10.00. The third kappa shape index (κ3) is 3.94. The quantitative estimate of drug-likeness (QED) is 0.755. The molecular formula is C20H23F3N4O3. The lowest BCUT2D eigenvalue weighted by molar-refractivity contribution is -0.294. The van der Waals surface area contributed by atoms with E-state index in [1.54, 1.807) is 10.9 Å². The standard InChI is InChI=1S/C20H23F3N4O3/c1-14-9-24-25(2)17(14)10-26-7-8-29-13-19(11-26)12-27(18(28)20(22,23)30-19)16-5-3-15(21)4-6-16/h3-6,9H,7-8,10-13H2,1-2H3. The largest absolute Gasteiger partial charge is 0.437 e. The molecule has 30 heavy (non-hydrogen) atoms. The Kier molecular flexibility index (Phi) is 5.33. The summed E-state index contributed by atoms with van der Waals surface area (Å²) in [5.41, 5.74) is 0.701. The Balaban J connectivity index is 1.63. The summed E-state index contributed by atoms with van der Waals surface area (Å²) in [5.74, 6) is -1.99. The van der Waals surface area contributed by atoms with Gasteiger partial charge in [-0.05, 0) is 36.8 Å². The molecule has 162 valence electrons. The number of amides is 1. The summed E-state index contributed by atoms with van der Waals surface area (Å²) in [6.45, 7) is 3.20. The maximum atomic E-state index is 14.6. The summed E-state index contributed by atoms with van der Waals surface area (Å²) in [6.07, 6.45) is -2.27. The first-order valence-corrected chi connectivity index (χ1v) is 9.62. The molecule has 1 atom stereocenters. The molecule has 0 saturated carbocycles. The van der Waals surface area contributed by atoms with Crippen molar-refractivity contribution in [2.75, 3.05) is 37.7 Å². The van der Waals surface area contributed by atoms with Gasteiger partial charge in [0, 0.05) is 32.4 Å². The average molecular weight is 424 g/mol. The third-order valence-corrected chi connectivity index (χ3v) is 5.50. The Morgan fingerprint density at radius 3 is 2.60 bits per heavy atom. The number of hydrogen-bond acceptors (Lipinski definition) is 5. The van der Waals surface area contributed by atoms with Gasteiger partial charge in [-0.1, -0.05) is 0 Å². The average Bonchev–Trinajstić information content (AvgIpc) is 2.88. The highest BCUT2D eigenvalue weighted by atomic mass is 19.3. The van der Waals surface area contributed by atoms with Gasteiger partial charge in [-0.15, -0.1) is 0 Å². The van der Waals surface area contributed by atoms with Crippen molar-refractivity contribution in [2.45, 2.75) is 25.2 Å². The molecule has 7 nitrogen and oxygen atoms in total. The number of alkyl halides is 2. The summed E-state index contributed by atoms with van der Waals surface area (Å²) in [5, 5.41) is 4.22. The Bertz CT molecular complexity index is 914. The van der Waals surface area contributed by atoms with Crippen LogP contribution in [0.5, 0.6) is 0 Å². The first kappa shape index (κ1) is 20.8. The van der Waals surface area contributed by atoms with E-state index in [9.17, 15) is 18.0 Å². The summed E-state index contributed by atoms with van der Waals surface area (Å²) in [6, 6.07) is 4.86. The van der Waals surface area contributed by atoms with Crippen molar-refractivity contribution < 1.29 is 27.4 Å². The number of aromatic nitrogens is 2. The van der Waals surface area contributed by atoms with E-state index in [0.29, 0.717) is 19.7 Å². The smallest absolute Gasteiger partial charge is 0.377 e. The van der Waals surface area contributed by atoms with Crippen LogP contribution in [0.25, 0.3) is 0 Å². The van der Waals surface area contributed by atoms with Gasteiger partial charge in [-0.2, -0.15) is 13.9 Å². The van der Waals surface area contributed by atoms with Crippen LogP contribution in [0.1, 0.15) is 11.3 Å². The predicted octanol–water partition coefficient (Wildman–Crippen LogP) is 2.09. The van der Waals surface area contributed by atoms with E-state index >= 15 is 0 Å². The van der Waals surface area contributed by atoms with Gasteiger partial charge >= 0.3 is 12.0 Å². The minimum absolute atomic E-state index is 0.0889. The number of rotatable bonds is 3. The lowest BCUT2D eigenvalue weighted by Crippen LogP contribution is -2.66. The zero-order valence-corrected chi connectivity index (χ0v) is 16.8. The number of carbonyl (C=O) groups is 1. The zero-order valence-electron chi connectivity index (χ0n) is 16.8. The second-order valence-corrected chi connectivity index (χ2v) is 7.83. The van der Waals surface area contributed by atoms with Crippen LogP contribution in [-0.2, 0) is 27.9 Å². The van der Waals surface area contributed by atoms with Crippen LogP contribution in [0.2, 0.25) is 0 Å². The Labute approximate surface area is 172 Å². The minimum Gasteiger partial charge on any atom is -0.377 e. The van der Waals surface area contributed by atoms with Crippen molar-refractivity contribution in [3.63, 3.8) is 0 Å². The van der Waals surface area contributed by atoms with E-state index in [1.165, 1.54) is 12.1 Å². The van der Waals surface area contributed by atoms with Gasteiger partial charge in [0.15, 0.2) is 0 Å². The number of morpholine rings is 1. The van der Waals surface area contributed by atoms with Gasteiger partial charge in [0.1, 0.15) is 11.4 Å². The van der Waals surface area contributed by atoms with Gasteiger partial charge in [-0.3, -0.25) is 14.4 Å². The Hall–Kier alpha value is -2.43. The van der Waals surface area contributed by atoms with Crippen LogP contribution in [0.4, 0.5) is 18.9 Å². The molecule has 0 N–H and O–H groups in total. The molecule has 2 fully saturated rings.